The molecule has 1 aliphatic carbocycles. The van der Waals surface area contributed by atoms with Gasteiger partial charge in [-0.25, -0.2) is 4.79 Å². The molecule has 6 heteroatoms. The van der Waals surface area contributed by atoms with Crippen molar-refractivity contribution in [2.24, 2.45) is 5.92 Å². The first kappa shape index (κ1) is 13.1. The quantitative estimate of drug-likeness (QED) is 0.798. The van der Waals surface area contributed by atoms with E-state index >= 15 is 0 Å². The molecule has 0 aliphatic heterocycles. The summed E-state index contributed by atoms with van der Waals surface area (Å²) in [7, 11) is 0. The number of carboxylic acid groups (broad SMARTS) is 1. The average molecular weight is 267 g/mol. The van der Waals surface area contributed by atoms with Crippen LogP contribution in [0.15, 0.2) is 11.1 Å². The van der Waals surface area contributed by atoms with Crippen molar-refractivity contribution in [3.05, 3.63) is 11.6 Å². The summed E-state index contributed by atoms with van der Waals surface area (Å²) in [6.45, 7) is 0.785. The van der Waals surface area contributed by atoms with Gasteiger partial charge in [-0.3, -0.25) is 0 Å². The molecule has 0 atom stereocenters. The van der Waals surface area contributed by atoms with E-state index in [0.29, 0.717) is 16.8 Å². The largest absolute Gasteiger partial charge is 0.478 e. The minimum absolute atomic E-state index is 0.201. The molecule has 98 valence electrons. The topological polar surface area (TPSA) is 75.1 Å². The molecule has 1 fully saturated rings. The summed E-state index contributed by atoms with van der Waals surface area (Å²) in [5.41, 5.74) is 0.201. The number of rotatable bonds is 5. The first-order valence-corrected chi connectivity index (χ1v) is 7.32. The zero-order valence-electron chi connectivity index (χ0n) is 10.3. The van der Waals surface area contributed by atoms with Crippen LogP contribution in [0.3, 0.4) is 0 Å². The Kier molecular flexibility index (Phi) is 4.41. The van der Waals surface area contributed by atoms with E-state index in [-0.39, 0.29) is 5.56 Å². The second-order valence-corrected chi connectivity index (χ2v) is 5.31. The summed E-state index contributed by atoms with van der Waals surface area (Å²) in [5.74, 6) is 0.0509. The van der Waals surface area contributed by atoms with Crippen LogP contribution < -0.4 is 5.32 Å². The third-order valence-corrected chi connectivity index (χ3v) is 3.86. The molecule has 1 heterocycles. The smallest absolute Gasteiger partial charge is 0.339 e. The predicted molar refractivity (Wildman–Crippen MR) is 71.2 cm³/mol. The van der Waals surface area contributed by atoms with Crippen LogP contribution >= 0.6 is 11.8 Å². The Morgan fingerprint density at radius 1 is 1.50 bits per heavy atom. The minimum Gasteiger partial charge on any atom is -0.478 e. The van der Waals surface area contributed by atoms with E-state index in [1.54, 1.807) is 6.07 Å². The molecule has 0 amide bonds. The highest BCUT2D eigenvalue weighted by Gasteiger charge is 2.18. The SMILES string of the molecule is CSc1cc(C(=O)O)c(NCC2CCCC2)nn1. The Morgan fingerprint density at radius 3 is 2.83 bits per heavy atom. The molecule has 1 aromatic rings. The number of nitrogens with one attached hydrogen (secondary N) is 1. The lowest BCUT2D eigenvalue weighted by Crippen LogP contribution is -2.15. The van der Waals surface area contributed by atoms with Crippen LogP contribution in [0.5, 0.6) is 0 Å². The van der Waals surface area contributed by atoms with Crippen molar-refractivity contribution in [1.82, 2.24) is 10.2 Å². The van der Waals surface area contributed by atoms with E-state index in [2.05, 4.69) is 15.5 Å². The van der Waals surface area contributed by atoms with Crippen molar-refractivity contribution in [2.45, 2.75) is 30.7 Å². The van der Waals surface area contributed by atoms with E-state index in [9.17, 15) is 4.79 Å². The number of carboxylic acids is 1. The van der Waals surface area contributed by atoms with Gasteiger partial charge in [0.2, 0.25) is 0 Å². The zero-order chi connectivity index (χ0) is 13.0. The number of hydrogen-bond acceptors (Lipinski definition) is 5. The number of nitrogens with zero attached hydrogens (tertiary/aromatic N) is 2. The highest BCUT2D eigenvalue weighted by molar-refractivity contribution is 7.98. The molecule has 0 unspecified atom stereocenters. The molecule has 0 spiro atoms. The number of hydrogen-bond donors (Lipinski definition) is 2. The number of thioether (sulfide) groups is 1. The van der Waals surface area contributed by atoms with Gasteiger partial charge < -0.3 is 10.4 Å². The van der Waals surface area contributed by atoms with Crippen molar-refractivity contribution in [3.63, 3.8) is 0 Å². The van der Waals surface area contributed by atoms with Gasteiger partial charge in [0.15, 0.2) is 5.82 Å². The first-order chi connectivity index (χ1) is 8.70. The Morgan fingerprint density at radius 2 is 2.22 bits per heavy atom. The van der Waals surface area contributed by atoms with Crippen LogP contribution in [-0.2, 0) is 0 Å². The molecule has 0 saturated heterocycles. The molecule has 2 N–H and O–H groups in total. The first-order valence-electron chi connectivity index (χ1n) is 6.09. The van der Waals surface area contributed by atoms with Crippen molar-refractivity contribution >= 4 is 23.5 Å². The lowest BCUT2D eigenvalue weighted by Gasteiger charge is -2.12. The molecule has 0 radical (unpaired) electrons. The standard InChI is InChI=1S/C12H17N3O2S/c1-18-10-6-9(12(16)17)11(15-14-10)13-7-8-4-2-3-5-8/h6,8H,2-5,7H2,1H3,(H,13,15)(H,16,17). The van der Waals surface area contributed by atoms with Gasteiger partial charge in [0.1, 0.15) is 10.6 Å². The Labute approximate surface area is 110 Å². The molecule has 0 aromatic carbocycles. The van der Waals surface area contributed by atoms with E-state index in [1.165, 1.54) is 37.4 Å². The van der Waals surface area contributed by atoms with Gasteiger partial charge in [-0.15, -0.1) is 22.0 Å². The third-order valence-electron chi connectivity index (χ3n) is 3.24. The highest BCUT2D eigenvalue weighted by Crippen LogP contribution is 2.25. The van der Waals surface area contributed by atoms with Gasteiger partial charge in [0, 0.05) is 6.54 Å². The average Bonchev–Trinajstić information content (AvgIpc) is 2.89. The normalized spacial score (nSPS) is 15.8. The van der Waals surface area contributed by atoms with Gasteiger partial charge in [-0.1, -0.05) is 12.8 Å². The number of anilines is 1. The third kappa shape index (κ3) is 3.13. The van der Waals surface area contributed by atoms with Crippen LogP contribution in [0, 0.1) is 5.92 Å². The van der Waals surface area contributed by atoms with Gasteiger partial charge in [-0.05, 0) is 31.1 Å². The maximum Gasteiger partial charge on any atom is 0.339 e. The fourth-order valence-corrected chi connectivity index (χ4v) is 2.58. The second kappa shape index (κ2) is 6.04. The Balaban J connectivity index is 2.08. The van der Waals surface area contributed by atoms with E-state index in [0.717, 1.165) is 6.54 Å². The molecule has 1 aliphatic rings. The highest BCUT2D eigenvalue weighted by atomic mass is 32.2. The Bertz CT molecular complexity index is 433. The molecular weight excluding hydrogens is 250 g/mol. The van der Waals surface area contributed by atoms with Gasteiger partial charge >= 0.3 is 5.97 Å². The predicted octanol–water partition coefficient (Wildman–Crippen LogP) is 2.50. The maximum atomic E-state index is 11.2. The molecule has 1 saturated carbocycles. The summed E-state index contributed by atoms with van der Waals surface area (Å²) in [4.78, 5) is 11.2. The molecular formula is C12H17N3O2S. The molecule has 5 nitrogen and oxygen atoms in total. The lowest BCUT2D eigenvalue weighted by atomic mass is 10.1. The van der Waals surface area contributed by atoms with E-state index in [1.807, 2.05) is 6.26 Å². The van der Waals surface area contributed by atoms with Crippen molar-refractivity contribution in [3.8, 4) is 0 Å². The van der Waals surface area contributed by atoms with Crippen LogP contribution in [-0.4, -0.2) is 34.1 Å². The monoisotopic (exact) mass is 267 g/mol. The Hall–Kier alpha value is -1.30. The van der Waals surface area contributed by atoms with Crippen molar-refractivity contribution in [2.75, 3.05) is 18.1 Å². The van der Waals surface area contributed by atoms with E-state index in [4.69, 9.17) is 5.11 Å². The van der Waals surface area contributed by atoms with Crippen LogP contribution in [0.4, 0.5) is 5.82 Å². The summed E-state index contributed by atoms with van der Waals surface area (Å²) in [6, 6.07) is 1.57. The van der Waals surface area contributed by atoms with Crippen LogP contribution in [0.25, 0.3) is 0 Å². The molecule has 0 bridgehead atoms. The number of aromatic carboxylic acids is 1. The lowest BCUT2D eigenvalue weighted by molar-refractivity contribution is 0.0697. The van der Waals surface area contributed by atoms with Crippen molar-refractivity contribution < 1.29 is 9.90 Å². The van der Waals surface area contributed by atoms with Gasteiger partial charge in [-0.2, -0.15) is 0 Å². The fraction of sp³-hybridized carbons (Fsp3) is 0.583. The molecule has 1 aromatic heterocycles. The summed E-state index contributed by atoms with van der Waals surface area (Å²) in [6.07, 6.45) is 6.82. The fourth-order valence-electron chi connectivity index (χ4n) is 2.22. The number of carbonyl (C=O) groups is 1. The van der Waals surface area contributed by atoms with Crippen molar-refractivity contribution in [1.29, 1.82) is 0 Å². The summed E-state index contributed by atoms with van der Waals surface area (Å²) >= 11 is 1.39. The maximum absolute atomic E-state index is 11.2. The number of aromatic nitrogens is 2. The molecule has 2 rings (SSSR count). The molecule has 18 heavy (non-hydrogen) atoms. The van der Waals surface area contributed by atoms with Gasteiger partial charge in [0.25, 0.3) is 0 Å². The minimum atomic E-state index is -0.964. The second-order valence-electron chi connectivity index (χ2n) is 4.49. The summed E-state index contributed by atoms with van der Waals surface area (Å²) < 4.78 is 0. The van der Waals surface area contributed by atoms with Crippen LogP contribution in [0.1, 0.15) is 36.0 Å². The summed E-state index contributed by atoms with van der Waals surface area (Å²) in [5, 5.41) is 20.9. The van der Waals surface area contributed by atoms with E-state index < -0.39 is 5.97 Å². The van der Waals surface area contributed by atoms with Crippen LogP contribution in [0.2, 0.25) is 0 Å². The zero-order valence-corrected chi connectivity index (χ0v) is 11.2. The van der Waals surface area contributed by atoms with Gasteiger partial charge in [0.05, 0.1) is 0 Å².